The van der Waals surface area contributed by atoms with Crippen molar-refractivity contribution in [2.24, 2.45) is 0 Å². The number of rotatable bonds is 8. The molecule has 3 rings (SSSR count). The maximum absolute atomic E-state index is 12.8. The number of nitrogens with one attached hydrogen (secondary N) is 1. The number of hydrogen-bond acceptors (Lipinski definition) is 5. The smallest absolute Gasteiger partial charge is 0.247 e. The molecule has 0 spiro atoms. The Morgan fingerprint density at radius 3 is 2.13 bits per heavy atom. The average molecular weight is 433 g/mol. The molecule has 0 radical (unpaired) electrons. The normalized spacial score (nSPS) is 15.4. The second-order valence-corrected chi connectivity index (χ2v) is 9.33. The zero-order valence-corrected chi connectivity index (χ0v) is 18.3. The standard InChI is InChI=1S/C22H28N2O5S/c1-16(24(30(3,26)27)18-10-14-19(28-2)15-11-18)22(25)23-17-8-12-21(13-9-17)29-20-6-4-5-7-20/h8-16,20H,4-7H2,1-3H3,(H,23,25)/t16-/m1/s1. The Kier molecular flexibility index (Phi) is 6.87. The zero-order valence-electron chi connectivity index (χ0n) is 17.5. The molecule has 0 heterocycles. The van der Waals surface area contributed by atoms with Gasteiger partial charge >= 0.3 is 0 Å². The first-order chi connectivity index (χ1) is 14.3. The van der Waals surface area contributed by atoms with Gasteiger partial charge in [-0.15, -0.1) is 0 Å². The summed E-state index contributed by atoms with van der Waals surface area (Å²) in [6, 6.07) is 12.7. The summed E-state index contributed by atoms with van der Waals surface area (Å²) in [5.41, 5.74) is 0.968. The van der Waals surface area contributed by atoms with E-state index >= 15 is 0 Å². The van der Waals surface area contributed by atoms with Crippen LogP contribution in [-0.4, -0.2) is 39.8 Å². The first-order valence-electron chi connectivity index (χ1n) is 9.99. The molecule has 2 aromatic carbocycles. The number of sulfonamides is 1. The predicted molar refractivity (Wildman–Crippen MR) is 118 cm³/mol. The number of ether oxygens (including phenoxy) is 2. The van der Waals surface area contributed by atoms with Gasteiger partial charge in [0, 0.05) is 5.69 Å². The van der Waals surface area contributed by atoms with Crippen molar-refractivity contribution in [3.05, 3.63) is 48.5 Å². The molecule has 2 aromatic rings. The Morgan fingerprint density at radius 2 is 1.60 bits per heavy atom. The molecule has 1 atom stereocenters. The molecule has 162 valence electrons. The predicted octanol–water partition coefficient (Wildman–Crippen LogP) is 3.81. The van der Waals surface area contributed by atoms with Crippen LogP contribution < -0.4 is 19.1 Å². The molecule has 1 aliphatic rings. The Labute approximate surface area is 178 Å². The number of methoxy groups -OCH3 is 1. The summed E-state index contributed by atoms with van der Waals surface area (Å²) in [6.45, 7) is 1.55. The molecule has 30 heavy (non-hydrogen) atoms. The van der Waals surface area contributed by atoms with Gasteiger partial charge in [-0.05, 0) is 81.1 Å². The van der Waals surface area contributed by atoms with Gasteiger partial charge in [0.05, 0.1) is 25.2 Å². The van der Waals surface area contributed by atoms with Crippen molar-refractivity contribution in [3.63, 3.8) is 0 Å². The van der Waals surface area contributed by atoms with Gasteiger partial charge in [0.25, 0.3) is 0 Å². The Bertz CT molecular complexity index is 952. The maximum atomic E-state index is 12.8. The Hall–Kier alpha value is -2.74. The largest absolute Gasteiger partial charge is 0.497 e. The van der Waals surface area contributed by atoms with Gasteiger partial charge in [0.1, 0.15) is 17.5 Å². The maximum Gasteiger partial charge on any atom is 0.247 e. The summed E-state index contributed by atoms with van der Waals surface area (Å²) >= 11 is 0. The fraction of sp³-hybridized carbons (Fsp3) is 0.409. The van der Waals surface area contributed by atoms with Crippen LogP contribution >= 0.6 is 0 Å². The molecular weight excluding hydrogens is 404 g/mol. The molecule has 0 bridgehead atoms. The first-order valence-corrected chi connectivity index (χ1v) is 11.8. The highest BCUT2D eigenvalue weighted by atomic mass is 32.2. The monoisotopic (exact) mass is 432 g/mol. The van der Waals surface area contributed by atoms with Crippen molar-refractivity contribution in [2.75, 3.05) is 23.0 Å². The van der Waals surface area contributed by atoms with Gasteiger partial charge in [-0.25, -0.2) is 8.42 Å². The third-order valence-electron chi connectivity index (χ3n) is 5.14. The lowest BCUT2D eigenvalue weighted by Crippen LogP contribution is -2.45. The number of nitrogens with zero attached hydrogens (tertiary/aromatic N) is 1. The topological polar surface area (TPSA) is 84.9 Å². The van der Waals surface area contributed by atoms with Gasteiger partial charge in [-0.2, -0.15) is 0 Å². The molecule has 0 aliphatic heterocycles. The highest BCUT2D eigenvalue weighted by Gasteiger charge is 2.29. The van der Waals surface area contributed by atoms with Crippen molar-refractivity contribution < 1.29 is 22.7 Å². The molecular formula is C22H28N2O5S. The number of anilines is 2. The van der Waals surface area contributed by atoms with Crippen LogP contribution in [0.2, 0.25) is 0 Å². The summed E-state index contributed by atoms with van der Waals surface area (Å²) in [5, 5.41) is 2.78. The van der Waals surface area contributed by atoms with Crippen molar-refractivity contribution >= 4 is 27.3 Å². The highest BCUT2D eigenvalue weighted by molar-refractivity contribution is 7.92. The molecule has 1 saturated carbocycles. The lowest BCUT2D eigenvalue weighted by molar-refractivity contribution is -0.116. The van der Waals surface area contributed by atoms with Crippen LogP contribution in [0.4, 0.5) is 11.4 Å². The molecule has 7 nitrogen and oxygen atoms in total. The number of carbonyl (C=O) groups is 1. The molecule has 1 aliphatic carbocycles. The second kappa shape index (κ2) is 9.38. The van der Waals surface area contributed by atoms with E-state index in [9.17, 15) is 13.2 Å². The third-order valence-corrected chi connectivity index (χ3v) is 6.38. The number of hydrogen-bond donors (Lipinski definition) is 1. The Morgan fingerprint density at radius 1 is 1.03 bits per heavy atom. The molecule has 1 N–H and O–H groups in total. The Balaban J connectivity index is 1.70. The highest BCUT2D eigenvalue weighted by Crippen LogP contribution is 2.26. The fourth-order valence-corrected chi connectivity index (χ4v) is 4.77. The second-order valence-electron chi connectivity index (χ2n) is 7.47. The van der Waals surface area contributed by atoms with Crippen molar-refractivity contribution in [1.29, 1.82) is 0 Å². The first kappa shape index (κ1) is 22.0. The van der Waals surface area contributed by atoms with E-state index in [2.05, 4.69) is 5.32 Å². The minimum atomic E-state index is -3.68. The van der Waals surface area contributed by atoms with E-state index in [0.717, 1.165) is 29.2 Å². The molecule has 0 unspecified atom stereocenters. The van der Waals surface area contributed by atoms with E-state index in [4.69, 9.17) is 9.47 Å². The van der Waals surface area contributed by atoms with Crippen LogP contribution in [0.15, 0.2) is 48.5 Å². The summed E-state index contributed by atoms with van der Waals surface area (Å²) < 4.78 is 36.9. The summed E-state index contributed by atoms with van der Waals surface area (Å²) in [6.07, 6.45) is 5.88. The molecule has 0 saturated heterocycles. The minimum Gasteiger partial charge on any atom is -0.497 e. The lowest BCUT2D eigenvalue weighted by atomic mass is 10.2. The van der Waals surface area contributed by atoms with Crippen molar-refractivity contribution in [3.8, 4) is 11.5 Å². The number of amides is 1. The zero-order chi connectivity index (χ0) is 21.7. The van der Waals surface area contributed by atoms with Gasteiger partial charge in [0.2, 0.25) is 15.9 Å². The van der Waals surface area contributed by atoms with E-state index < -0.39 is 22.0 Å². The summed E-state index contributed by atoms with van der Waals surface area (Å²) in [5.74, 6) is 0.939. The van der Waals surface area contributed by atoms with Crippen molar-refractivity contribution in [2.45, 2.75) is 44.8 Å². The van der Waals surface area contributed by atoms with Crippen LogP contribution in [0, 0.1) is 0 Å². The van der Waals surface area contributed by atoms with Crippen LogP contribution in [0.25, 0.3) is 0 Å². The van der Waals surface area contributed by atoms with E-state index in [-0.39, 0.29) is 6.10 Å². The summed E-state index contributed by atoms with van der Waals surface area (Å²) in [7, 11) is -2.15. The van der Waals surface area contributed by atoms with Gasteiger partial charge in [0.15, 0.2) is 0 Å². The number of benzene rings is 2. The quantitative estimate of drug-likeness (QED) is 0.686. The van der Waals surface area contributed by atoms with E-state index in [1.165, 1.54) is 20.0 Å². The summed E-state index contributed by atoms with van der Waals surface area (Å²) in [4.78, 5) is 12.8. The van der Waals surface area contributed by atoms with E-state index in [1.54, 1.807) is 43.3 Å². The average Bonchev–Trinajstić information content (AvgIpc) is 3.22. The van der Waals surface area contributed by atoms with Crippen LogP contribution in [-0.2, 0) is 14.8 Å². The SMILES string of the molecule is COc1ccc(N([C@H](C)C(=O)Nc2ccc(OC3CCCC3)cc2)S(C)(=O)=O)cc1. The van der Waals surface area contributed by atoms with E-state index in [0.29, 0.717) is 17.1 Å². The molecule has 8 heteroatoms. The van der Waals surface area contributed by atoms with Gasteiger partial charge in [-0.3, -0.25) is 9.10 Å². The minimum absolute atomic E-state index is 0.262. The molecule has 1 fully saturated rings. The number of carbonyl (C=O) groups excluding carboxylic acids is 1. The van der Waals surface area contributed by atoms with E-state index in [1.807, 2.05) is 12.1 Å². The fourth-order valence-electron chi connectivity index (χ4n) is 3.60. The van der Waals surface area contributed by atoms with Crippen LogP contribution in [0.1, 0.15) is 32.6 Å². The van der Waals surface area contributed by atoms with Gasteiger partial charge < -0.3 is 14.8 Å². The lowest BCUT2D eigenvalue weighted by Gasteiger charge is -2.28. The third kappa shape index (κ3) is 5.44. The molecule has 0 aromatic heterocycles. The van der Waals surface area contributed by atoms with Crippen LogP contribution in [0.5, 0.6) is 11.5 Å². The molecule has 1 amide bonds. The van der Waals surface area contributed by atoms with Gasteiger partial charge in [-0.1, -0.05) is 0 Å². The van der Waals surface area contributed by atoms with Crippen molar-refractivity contribution in [1.82, 2.24) is 0 Å². The van der Waals surface area contributed by atoms with Crippen LogP contribution in [0.3, 0.4) is 0 Å².